The number of hydrogen-bond donors (Lipinski definition) is 3. The number of H-pyrrole nitrogens is 1. The summed E-state index contributed by atoms with van der Waals surface area (Å²) in [4.78, 5) is 37.2. The summed E-state index contributed by atoms with van der Waals surface area (Å²) in [5.74, 6) is 0.167. The molecule has 0 saturated carbocycles. The SMILES string of the molecule is CCOC(=O)Cc1cccc(Cn2c(=O)[nH]c3c(N)nc(N(C)CCO)nc32)c1. The number of aromatic amines is 1. The molecule has 2 aromatic heterocycles. The van der Waals surface area contributed by atoms with Gasteiger partial charge in [-0.3, -0.25) is 9.36 Å². The molecule has 0 aliphatic heterocycles. The van der Waals surface area contributed by atoms with E-state index in [0.29, 0.717) is 30.3 Å². The number of aromatic nitrogens is 4. The van der Waals surface area contributed by atoms with Gasteiger partial charge in [-0.15, -0.1) is 0 Å². The molecular formula is C19H24N6O4. The number of nitrogens with two attached hydrogens (primary N) is 1. The number of esters is 1. The third kappa shape index (κ3) is 4.54. The van der Waals surface area contributed by atoms with Gasteiger partial charge in [-0.2, -0.15) is 9.97 Å². The first-order chi connectivity index (χ1) is 13.9. The third-order valence-corrected chi connectivity index (χ3v) is 4.40. The molecule has 3 aromatic rings. The predicted octanol–water partition coefficient (Wildman–Crippen LogP) is 0.284. The molecule has 29 heavy (non-hydrogen) atoms. The van der Waals surface area contributed by atoms with Crippen molar-refractivity contribution < 1.29 is 14.6 Å². The van der Waals surface area contributed by atoms with Gasteiger partial charge in [-0.1, -0.05) is 24.3 Å². The molecule has 0 aliphatic rings. The Morgan fingerprint density at radius 2 is 2.10 bits per heavy atom. The van der Waals surface area contributed by atoms with Crippen molar-refractivity contribution in [2.75, 3.05) is 37.4 Å². The molecule has 0 radical (unpaired) electrons. The Labute approximate surface area is 166 Å². The molecular weight excluding hydrogens is 376 g/mol. The number of anilines is 2. The normalized spacial score (nSPS) is 11.0. The monoisotopic (exact) mass is 400 g/mol. The highest BCUT2D eigenvalue weighted by molar-refractivity contribution is 5.83. The van der Waals surface area contributed by atoms with Crippen molar-refractivity contribution in [1.29, 1.82) is 0 Å². The number of ether oxygens (including phenoxy) is 1. The fourth-order valence-electron chi connectivity index (χ4n) is 3.01. The highest BCUT2D eigenvalue weighted by Crippen LogP contribution is 2.19. The van der Waals surface area contributed by atoms with Crippen molar-refractivity contribution in [3.05, 3.63) is 45.9 Å². The number of carbonyl (C=O) groups is 1. The Morgan fingerprint density at radius 1 is 1.34 bits per heavy atom. The number of fused-ring (bicyclic) bond motifs is 1. The summed E-state index contributed by atoms with van der Waals surface area (Å²) >= 11 is 0. The van der Waals surface area contributed by atoms with Gasteiger partial charge in [0.2, 0.25) is 5.95 Å². The molecule has 0 unspecified atom stereocenters. The second kappa shape index (κ2) is 8.74. The Hall–Kier alpha value is -3.40. The van der Waals surface area contributed by atoms with Crippen molar-refractivity contribution in [2.45, 2.75) is 19.9 Å². The van der Waals surface area contributed by atoms with E-state index in [9.17, 15) is 9.59 Å². The molecule has 0 saturated heterocycles. The van der Waals surface area contributed by atoms with Gasteiger partial charge in [0.25, 0.3) is 0 Å². The second-order valence-electron chi connectivity index (χ2n) is 6.57. The van der Waals surface area contributed by atoms with Gasteiger partial charge in [0.1, 0.15) is 5.52 Å². The lowest BCUT2D eigenvalue weighted by Crippen LogP contribution is -2.24. The van der Waals surface area contributed by atoms with Crippen molar-refractivity contribution in [1.82, 2.24) is 19.5 Å². The van der Waals surface area contributed by atoms with E-state index in [0.717, 1.165) is 11.1 Å². The van der Waals surface area contributed by atoms with Crippen molar-refractivity contribution in [2.24, 2.45) is 0 Å². The number of likely N-dealkylation sites (N-methyl/N-ethyl adjacent to an activating group) is 1. The number of aliphatic hydroxyl groups is 1. The Bertz CT molecular complexity index is 1070. The largest absolute Gasteiger partial charge is 0.466 e. The van der Waals surface area contributed by atoms with Crippen LogP contribution in [0.5, 0.6) is 0 Å². The summed E-state index contributed by atoms with van der Waals surface area (Å²) in [6, 6.07) is 7.38. The van der Waals surface area contributed by atoms with Gasteiger partial charge < -0.3 is 25.5 Å². The molecule has 0 amide bonds. The van der Waals surface area contributed by atoms with Crippen LogP contribution in [0.15, 0.2) is 29.1 Å². The van der Waals surface area contributed by atoms with Gasteiger partial charge >= 0.3 is 11.7 Å². The van der Waals surface area contributed by atoms with E-state index in [4.69, 9.17) is 15.6 Å². The number of rotatable bonds is 8. The van der Waals surface area contributed by atoms with Crippen molar-refractivity contribution >= 4 is 28.9 Å². The fraction of sp³-hybridized carbons (Fsp3) is 0.368. The molecule has 0 bridgehead atoms. The zero-order chi connectivity index (χ0) is 21.0. The van der Waals surface area contributed by atoms with Gasteiger partial charge in [-0.25, -0.2) is 4.79 Å². The number of nitrogen functional groups attached to an aromatic ring is 1. The first-order valence-electron chi connectivity index (χ1n) is 9.24. The first kappa shape index (κ1) is 20.3. The molecule has 0 fully saturated rings. The van der Waals surface area contributed by atoms with Crippen LogP contribution in [-0.2, 0) is 22.5 Å². The quantitative estimate of drug-likeness (QED) is 0.458. The minimum Gasteiger partial charge on any atom is -0.466 e. The second-order valence-corrected chi connectivity index (χ2v) is 6.57. The van der Waals surface area contributed by atoms with Crippen LogP contribution >= 0.6 is 0 Å². The van der Waals surface area contributed by atoms with E-state index < -0.39 is 0 Å². The first-order valence-corrected chi connectivity index (χ1v) is 9.24. The third-order valence-electron chi connectivity index (χ3n) is 4.40. The average molecular weight is 400 g/mol. The Morgan fingerprint density at radius 3 is 2.83 bits per heavy atom. The van der Waals surface area contributed by atoms with Gasteiger partial charge in [0.15, 0.2) is 11.5 Å². The molecule has 0 atom stereocenters. The van der Waals surface area contributed by atoms with Gasteiger partial charge in [0, 0.05) is 13.6 Å². The number of imidazole rings is 1. The number of hydrogen-bond acceptors (Lipinski definition) is 8. The Kier molecular flexibility index (Phi) is 6.13. The maximum Gasteiger partial charge on any atom is 0.328 e. The van der Waals surface area contributed by atoms with Crippen LogP contribution in [-0.4, -0.2) is 57.4 Å². The van der Waals surface area contributed by atoms with E-state index in [-0.39, 0.29) is 37.0 Å². The van der Waals surface area contributed by atoms with Crippen molar-refractivity contribution in [3.8, 4) is 0 Å². The number of aliphatic hydroxyl groups excluding tert-OH is 1. The zero-order valence-electron chi connectivity index (χ0n) is 16.4. The molecule has 0 spiro atoms. The topological polar surface area (TPSA) is 139 Å². The lowest BCUT2D eigenvalue weighted by molar-refractivity contribution is -0.142. The summed E-state index contributed by atoms with van der Waals surface area (Å²) in [6.45, 7) is 2.60. The lowest BCUT2D eigenvalue weighted by Gasteiger charge is -2.16. The smallest absolute Gasteiger partial charge is 0.328 e. The highest BCUT2D eigenvalue weighted by atomic mass is 16.5. The van der Waals surface area contributed by atoms with Crippen molar-refractivity contribution in [3.63, 3.8) is 0 Å². The van der Waals surface area contributed by atoms with Crippen LogP contribution in [0.3, 0.4) is 0 Å². The van der Waals surface area contributed by atoms with Crippen LogP contribution < -0.4 is 16.3 Å². The minimum atomic E-state index is -0.362. The summed E-state index contributed by atoms with van der Waals surface area (Å²) < 4.78 is 6.45. The van der Waals surface area contributed by atoms with Crippen LogP contribution in [0.4, 0.5) is 11.8 Å². The van der Waals surface area contributed by atoms with Crippen LogP contribution in [0.2, 0.25) is 0 Å². The number of nitrogens with one attached hydrogen (secondary N) is 1. The molecule has 3 rings (SSSR count). The minimum absolute atomic E-state index is 0.0645. The fourth-order valence-corrected chi connectivity index (χ4v) is 3.01. The summed E-state index contributed by atoms with van der Waals surface area (Å²) in [5.41, 5.74) is 8.00. The van der Waals surface area contributed by atoms with E-state index in [1.165, 1.54) is 4.57 Å². The molecule has 154 valence electrons. The average Bonchev–Trinajstić information content (AvgIpc) is 2.99. The summed E-state index contributed by atoms with van der Waals surface area (Å²) in [5, 5.41) is 9.13. The van der Waals surface area contributed by atoms with E-state index >= 15 is 0 Å². The van der Waals surface area contributed by atoms with Crippen LogP contribution in [0.1, 0.15) is 18.1 Å². The van der Waals surface area contributed by atoms with Crippen LogP contribution in [0, 0.1) is 0 Å². The zero-order valence-corrected chi connectivity index (χ0v) is 16.4. The number of nitrogens with zero attached hydrogens (tertiary/aromatic N) is 4. The van der Waals surface area contributed by atoms with E-state index in [1.807, 2.05) is 24.3 Å². The predicted molar refractivity (Wildman–Crippen MR) is 109 cm³/mol. The molecule has 1 aromatic carbocycles. The Balaban J connectivity index is 1.95. The van der Waals surface area contributed by atoms with E-state index in [2.05, 4.69) is 15.0 Å². The number of carbonyl (C=O) groups excluding carboxylic acids is 1. The molecule has 4 N–H and O–H groups in total. The van der Waals surface area contributed by atoms with Crippen LogP contribution in [0.25, 0.3) is 11.2 Å². The van der Waals surface area contributed by atoms with Gasteiger partial charge in [0.05, 0.1) is 26.2 Å². The maximum atomic E-state index is 12.5. The lowest BCUT2D eigenvalue weighted by atomic mass is 10.1. The maximum absolute atomic E-state index is 12.5. The molecule has 10 nitrogen and oxygen atoms in total. The molecule has 0 aliphatic carbocycles. The molecule has 2 heterocycles. The highest BCUT2D eigenvalue weighted by Gasteiger charge is 2.16. The summed E-state index contributed by atoms with van der Waals surface area (Å²) in [6.07, 6.45) is 0.162. The molecule has 10 heteroatoms. The number of benzene rings is 1. The van der Waals surface area contributed by atoms with E-state index in [1.54, 1.807) is 18.9 Å². The summed E-state index contributed by atoms with van der Waals surface area (Å²) in [7, 11) is 1.73. The standard InChI is InChI=1S/C19H24N6O4/c1-3-29-14(27)10-12-5-4-6-13(9-12)11-25-17-15(21-19(25)28)16(20)22-18(23-17)24(2)7-8-26/h4-6,9,26H,3,7-8,10-11H2,1-2H3,(H,21,28)(H2,20,22,23). The van der Waals surface area contributed by atoms with Gasteiger partial charge in [-0.05, 0) is 18.1 Å².